The molecule has 13 heavy (non-hydrogen) atoms. The molecule has 1 heterocycles. The molecule has 0 spiro atoms. The Hall–Kier alpha value is -0.990. The van der Waals surface area contributed by atoms with E-state index in [1.807, 2.05) is 0 Å². The molecule has 0 aromatic carbocycles. The van der Waals surface area contributed by atoms with Crippen LogP contribution in [0.4, 0.5) is 0 Å². The highest BCUT2D eigenvalue weighted by molar-refractivity contribution is 5.00. The van der Waals surface area contributed by atoms with Gasteiger partial charge in [0.1, 0.15) is 0 Å². The number of H-pyrrole nitrogens is 1. The first-order valence-corrected chi connectivity index (χ1v) is 5.02. The van der Waals surface area contributed by atoms with Gasteiger partial charge in [-0.25, -0.2) is 4.68 Å². The molecule has 3 heteroatoms. The van der Waals surface area contributed by atoms with Crippen molar-refractivity contribution in [2.24, 2.45) is 5.92 Å². The molecule has 1 aromatic rings. The number of aromatic nitrogens is 2. The molecule has 1 unspecified atom stereocenters. The van der Waals surface area contributed by atoms with E-state index in [1.54, 1.807) is 10.7 Å². The quantitative estimate of drug-likeness (QED) is 0.755. The summed E-state index contributed by atoms with van der Waals surface area (Å²) in [7, 11) is 0. The van der Waals surface area contributed by atoms with Crippen LogP contribution < -0.4 is 5.56 Å². The lowest BCUT2D eigenvalue weighted by Crippen LogP contribution is -2.21. The number of aryl methyl sites for hydroxylation is 1. The van der Waals surface area contributed by atoms with Crippen molar-refractivity contribution in [3.8, 4) is 0 Å². The summed E-state index contributed by atoms with van der Waals surface area (Å²) in [6.45, 7) is 4.17. The first kappa shape index (κ1) is 8.60. The van der Waals surface area contributed by atoms with E-state index >= 15 is 0 Å². The van der Waals surface area contributed by atoms with Gasteiger partial charge in [-0.1, -0.05) is 6.92 Å². The molecule has 1 atom stereocenters. The Morgan fingerprint density at radius 3 is 2.85 bits per heavy atom. The molecular formula is C10H16N2O. The summed E-state index contributed by atoms with van der Waals surface area (Å²) in [6.07, 6.45) is 3.45. The first-order valence-electron chi connectivity index (χ1n) is 5.02. The van der Waals surface area contributed by atoms with Crippen molar-refractivity contribution in [3.05, 3.63) is 22.1 Å². The van der Waals surface area contributed by atoms with Gasteiger partial charge in [0.25, 0.3) is 5.56 Å². The Morgan fingerprint density at radius 1 is 1.69 bits per heavy atom. The largest absolute Gasteiger partial charge is 0.299 e. The number of rotatable bonds is 3. The van der Waals surface area contributed by atoms with Gasteiger partial charge in [0.15, 0.2) is 0 Å². The maximum Gasteiger partial charge on any atom is 0.266 e. The van der Waals surface area contributed by atoms with Crippen molar-refractivity contribution in [2.45, 2.75) is 39.2 Å². The molecular weight excluding hydrogens is 164 g/mol. The maximum absolute atomic E-state index is 11.5. The Balaban J connectivity index is 2.27. The molecule has 1 N–H and O–H groups in total. The fraction of sp³-hybridized carbons (Fsp3) is 0.700. The number of nitrogens with zero attached hydrogens (tertiary/aromatic N) is 1. The van der Waals surface area contributed by atoms with Gasteiger partial charge >= 0.3 is 0 Å². The molecule has 0 saturated heterocycles. The van der Waals surface area contributed by atoms with Crippen LogP contribution in [-0.4, -0.2) is 9.78 Å². The van der Waals surface area contributed by atoms with Crippen LogP contribution in [0.3, 0.4) is 0 Å². The summed E-state index contributed by atoms with van der Waals surface area (Å²) in [4.78, 5) is 11.5. The smallest absolute Gasteiger partial charge is 0.266 e. The second-order valence-electron chi connectivity index (χ2n) is 3.92. The third kappa shape index (κ3) is 1.55. The molecule has 1 aromatic heterocycles. The Bertz CT molecular complexity index is 346. The molecule has 0 amide bonds. The van der Waals surface area contributed by atoms with Crippen molar-refractivity contribution in [2.75, 3.05) is 0 Å². The lowest BCUT2D eigenvalue weighted by molar-refractivity contribution is 0.426. The zero-order valence-electron chi connectivity index (χ0n) is 8.21. The van der Waals surface area contributed by atoms with Crippen LogP contribution in [0.25, 0.3) is 0 Å². The lowest BCUT2D eigenvalue weighted by Gasteiger charge is -2.10. The second kappa shape index (κ2) is 3.05. The highest BCUT2D eigenvalue weighted by atomic mass is 16.1. The summed E-state index contributed by atoms with van der Waals surface area (Å²) < 4.78 is 1.77. The summed E-state index contributed by atoms with van der Waals surface area (Å²) in [5.74, 6) is 0.723. The van der Waals surface area contributed by atoms with Crippen molar-refractivity contribution >= 4 is 0 Å². The summed E-state index contributed by atoms with van der Waals surface area (Å²) in [5, 5.41) is 3.16. The lowest BCUT2D eigenvalue weighted by atomic mass is 10.2. The van der Waals surface area contributed by atoms with Gasteiger partial charge in [-0.3, -0.25) is 9.89 Å². The van der Waals surface area contributed by atoms with Gasteiger partial charge in [-0.15, -0.1) is 0 Å². The fourth-order valence-electron chi connectivity index (χ4n) is 1.73. The molecule has 2 rings (SSSR count). The van der Waals surface area contributed by atoms with Crippen LogP contribution in [0, 0.1) is 5.92 Å². The average molecular weight is 180 g/mol. The first-order chi connectivity index (χ1) is 6.22. The summed E-state index contributed by atoms with van der Waals surface area (Å²) in [5.41, 5.74) is 1.16. The van der Waals surface area contributed by atoms with Crippen molar-refractivity contribution in [1.82, 2.24) is 9.78 Å². The topological polar surface area (TPSA) is 37.8 Å². The Morgan fingerprint density at radius 2 is 2.38 bits per heavy atom. The van der Waals surface area contributed by atoms with Gasteiger partial charge in [-0.2, -0.15) is 0 Å². The predicted molar refractivity (Wildman–Crippen MR) is 51.9 cm³/mol. The third-order valence-corrected chi connectivity index (χ3v) is 2.89. The SMILES string of the molecule is CCc1cc(=O)n(C(C)C2CC2)[nH]1. The standard InChI is InChI=1S/C10H16N2O/c1-3-9-6-10(13)12(11-9)7(2)8-4-5-8/h6-8,11H,3-5H2,1-2H3. The van der Waals surface area contributed by atoms with E-state index < -0.39 is 0 Å². The Labute approximate surface area is 77.7 Å². The van der Waals surface area contributed by atoms with Crippen molar-refractivity contribution in [3.63, 3.8) is 0 Å². The van der Waals surface area contributed by atoms with Gasteiger partial charge in [0.2, 0.25) is 0 Å². The normalized spacial score (nSPS) is 18.9. The van der Waals surface area contributed by atoms with E-state index in [4.69, 9.17) is 0 Å². The summed E-state index contributed by atoms with van der Waals surface area (Å²) >= 11 is 0. The highest BCUT2D eigenvalue weighted by Crippen LogP contribution is 2.38. The van der Waals surface area contributed by atoms with Gasteiger partial charge < -0.3 is 0 Å². The van der Waals surface area contributed by atoms with Crippen LogP contribution in [0.15, 0.2) is 10.9 Å². The monoisotopic (exact) mass is 180 g/mol. The molecule has 1 aliphatic rings. The number of hydrogen-bond donors (Lipinski definition) is 1. The molecule has 0 radical (unpaired) electrons. The molecule has 72 valence electrons. The van der Waals surface area contributed by atoms with Crippen LogP contribution in [0.2, 0.25) is 0 Å². The minimum atomic E-state index is 0.122. The van der Waals surface area contributed by atoms with Crippen molar-refractivity contribution in [1.29, 1.82) is 0 Å². The second-order valence-corrected chi connectivity index (χ2v) is 3.92. The van der Waals surface area contributed by atoms with E-state index in [0.717, 1.165) is 18.0 Å². The molecule has 3 nitrogen and oxygen atoms in total. The maximum atomic E-state index is 11.5. The number of hydrogen-bond acceptors (Lipinski definition) is 1. The van der Waals surface area contributed by atoms with E-state index in [0.29, 0.717) is 6.04 Å². The molecule has 1 fully saturated rings. The minimum Gasteiger partial charge on any atom is -0.299 e. The van der Waals surface area contributed by atoms with E-state index in [-0.39, 0.29) is 5.56 Å². The van der Waals surface area contributed by atoms with Crippen molar-refractivity contribution < 1.29 is 0 Å². The van der Waals surface area contributed by atoms with Crippen LogP contribution in [-0.2, 0) is 6.42 Å². The molecule has 1 aliphatic carbocycles. The highest BCUT2D eigenvalue weighted by Gasteiger charge is 2.30. The van der Waals surface area contributed by atoms with Crippen LogP contribution in [0.1, 0.15) is 38.4 Å². The van der Waals surface area contributed by atoms with Crippen LogP contribution >= 0.6 is 0 Å². The minimum absolute atomic E-state index is 0.122. The summed E-state index contributed by atoms with van der Waals surface area (Å²) in [6, 6.07) is 2.06. The zero-order valence-corrected chi connectivity index (χ0v) is 8.21. The van der Waals surface area contributed by atoms with Gasteiger partial charge in [0, 0.05) is 11.8 Å². The zero-order chi connectivity index (χ0) is 9.42. The number of aromatic amines is 1. The van der Waals surface area contributed by atoms with E-state index in [2.05, 4.69) is 18.9 Å². The predicted octanol–water partition coefficient (Wildman–Crippen LogP) is 1.71. The van der Waals surface area contributed by atoms with Gasteiger partial charge in [-0.05, 0) is 32.1 Å². The average Bonchev–Trinajstić information content (AvgIpc) is 2.89. The fourth-order valence-corrected chi connectivity index (χ4v) is 1.73. The number of nitrogens with one attached hydrogen (secondary N) is 1. The van der Waals surface area contributed by atoms with Gasteiger partial charge in [0.05, 0.1) is 6.04 Å². The molecule has 0 aliphatic heterocycles. The molecule has 1 saturated carbocycles. The van der Waals surface area contributed by atoms with E-state index in [9.17, 15) is 4.79 Å². The Kier molecular flexibility index (Phi) is 2.02. The third-order valence-electron chi connectivity index (χ3n) is 2.89. The molecule has 0 bridgehead atoms. The van der Waals surface area contributed by atoms with E-state index in [1.165, 1.54) is 12.8 Å². The van der Waals surface area contributed by atoms with Crippen LogP contribution in [0.5, 0.6) is 0 Å².